The number of thiophene rings is 1. The maximum atomic E-state index is 2.41. The molecule has 1 nitrogen and oxygen atoms in total. The van der Waals surface area contributed by atoms with Gasteiger partial charge in [0.2, 0.25) is 0 Å². The minimum Gasteiger partial charge on any atom is -0.309 e. The molecular weight excluding hydrogens is 551 g/mol. The summed E-state index contributed by atoms with van der Waals surface area (Å²) in [5.74, 6) is 0. The van der Waals surface area contributed by atoms with Crippen molar-refractivity contribution in [1.82, 2.24) is 4.57 Å². The molecule has 0 N–H and O–H groups in total. The summed E-state index contributed by atoms with van der Waals surface area (Å²) in [6, 6.07) is 59.7. The Bertz CT molecular complexity index is 2430. The van der Waals surface area contributed by atoms with Gasteiger partial charge in [0.1, 0.15) is 0 Å². The Kier molecular flexibility index (Phi) is 5.75. The fourth-order valence-corrected chi connectivity index (χ4v) is 7.72. The lowest BCUT2D eigenvalue weighted by molar-refractivity contribution is 1.19. The minimum atomic E-state index is 1.20. The molecule has 0 unspecified atom stereocenters. The minimum absolute atomic E-state index is 1.20. The average molecular weight is 578 g/mol. The lowest BCUT2D eigenvalue weighted by Gasteiger charge is -2.09. The van der Waals surface area contributed by atoms with E-state index in [4.69, 9.17) is 0 Å². The first kappa shape index (κ1) is 25.1. The number of hydrogen-bond acceptors (Lipinski definition) is 1. The van der Waals surface area contributed by atoms with Gasteiger partial charge in [0.15, 0.2) is 0 Å². The highest BCUT2D eigenvalue weighted by Gasteiger charge is 2.14. The average Bonchev–Trinajstić information content (AvgIpc) is 3.64. The third-order valence-corrected chi connectivity index (χ3v) is 9.96. The van der Waals surface area contributed by atoms with E-state index < -0.39 is 0 Å². The van der Waals surface area contributed by atoms with Gasteiger partial charge < -0.3 is 4.57 Å². The molecule has 2 aromatic heterocycles. The summed E-state index contributed by atoms with van der Waals surface area (Å²) >= 11 is 1.87. The highest BCUT2D eigenvalue weighted by Crippen LogP contribution is 2.39. The van der Waals surface area contributed by atoms with E-state index in [1.807, 2.05) is 11.3 Å². The Morgan fingerprint density at radius 1 is 0.318 bits per heavy atom. The van der Waals surface area contributed by atoms with Gasteiger partial charge in [-0.15, -0.1) is 11.3 Å². The highest BCUT2D eigenvalue weighted by atomic mass is 32.1. The SMILES string of the molecule is c1ccc(-c2cccc(-c3ccc(-c4ccc5sc6ccc(-n7c8ccccc8c8ccccc87)cc6c5c4)cc3)c2)cc1. The van der Waals surface area contributed by atoms with Gasteiger partial charge in [-0.1, -0.05) is 115 Å². The van der Waals surface area contributed by atoms with Crippen LogP contribution in [0.4, 0.5) is 0 Å². The molecule has 7 aromatic carbocycles. The van der Waals surface area contributed by atoms with Crippen molar-refractivity contribution in [2.24, 2.45) is 0 Å². The van der Waals surface area contributed by atoms with Crippen LogP contribution in [0.25, 0.3) is 81.0 Å². The molecule has 0 saturated heterocycles. The molecule has 2 heteroatoms. The lowest BCUT2D eigenvalue weighted by Crippen LogP contribution is -1.93. The van der Waals surface area contributed by atoms with Gasteiger partial charge in [-0.3, -0.25) is 0 Å². The standard InChI is InChI=1S/C42H27NS/c1-2-9-28(10-3-1)31-11-8-12-32(25-31)29-17-19-30(20-18-29)33-21-23-41-37(26-33)38-27-34(22-24-42(38)44-41)43-39-15-6-4-13-35(39)36-14-5-7-16-40(36)43/h1-27H. The topological polar surface area (TPSA) is 4.93 Å². The van der Waals surface area contributed by atoms with Crippen molar-refractivity contribution in [3.8, 4) is 39.1 Å². The number of para-hydroxylation sites is 2. The van der Waals surface area contributed by atoms with Crippen molar-refractivity contribution in [2.75, 3.05) is 0 Å². The van der Waals surface area contributed by atoms with Crippen LogP contribution in [-0.4, -0.2) is 4.57 Å². The summed E-state index contributed by atoms with van der Waals surface area (Å²) in [7, 11) is 0. The van der Waals surface area contributed by atoms with Gasteiger partial charge in [0.05, 0.1) is 11.0 Å². The third kappa shape index (κ3) is 4.07. The van der Waals surface area contributed by atoms with Gasteiger partial charge in [-0.2, -0.15) is 0 Å². The quantitative estimate of drug-likeness (QED) is 0.196. The van der Waals surface area contributed by atoms with Crippen LogP contribution < -0.4 is 0 Å². The first-order valence-electron chi connectivity index (χ1n) is 15.0. The van der Waals surface area contributed by atoms with E-state index in [2.05, 4.69) is 168 Å². The largest absolute Gasteiger partial charge is 0.309 e. The van der Waals surface area contributed by atoms with Crippen LogP contribution >= 0.6 is 11.3 Å². The zero-order chi connectivity index (χ0) is 29.0. The second-order valence-electron chi connectivity index (χ2n) is 11.4. The van der Waals surface area contributed by atoms with E-state index in [1.165, 1.54) is 81.0 Å². The normalized spacial score (nSPS) is 11.6. The van der Waals surface area contributed by atoms with E-state index in [0.717, 1.165) is 0 Å². The fraction of sp³-hybridized carbons (Fsp3) is 0. The molecule has 0 radical (unpaired) electrons. The lowest BCUT2D eigenvalue weighted by atomic mass is 9.97. The van der Waals surface area contributed by atoms with Crippen molar-refractivity contribution in [2.45, 2.75) is 0 Å². The maximum Gasteiger partial charge on any atom is 0.0541 e. The Morgan fingerprint density at radius 3 is 1.45 bits per heavy atom. The number of benzene rings is 7. The fourth-order valence-electron chi connectivity index (χ4n) is 6.65. The highest BCUT2D eigenvalue weighted by molar-refractivity contribution is 7.25. The molecular formula is C42H27NS. The summed E-state index contributed by atoms with van der Waals surface area (Å²) < 4.78 is 5.04. The van der Waals surface area contributed by atoms with Gasteiger partial charge in [-0.25, -0.2) is 0 Å². The summed E-state index contributed by atoms with van der Waals surface area (Å²) in [6.07, 6.45) is 0. The Hall–Kier alpha value is -5.44. The van der Waals surface area contributed by atoms with Crippen molar-refractivity contribution in [1.29, 1.82) is 0 Å². The summed E-state index contributed by atoms with van der Waals surface area (Å²) in [5.41, 5.74) is 11.1. The second kappa shape index (κ2) is 10.1. The van der Waals surface area contributed by atoms with E-state index >= 15 is 0 Å². The Labute approximate surface area is 259 Å². The first-order chi connectivity index (χ1) is 21.8. The van der Waals surface area contributed by atoms with Gasteiger partial charge in [0, 0.05) is 36.6 Å². The number of fused-ring (bicyclic) bond motifs is 6. The number of rotatable bonds is 4. The Morgan fingerprint density at radius 2 is 0.795 bits per heavy atom. The molecule has 0 aliphatic heterocycles. The zero-order valence-electron chi connectivity index (χ0n) is 23.9. The van der Waals surface area contributed by atoms with Gasteiger partial charge >= 0.3 is 0 Å². The molecule has 0 fully saturated rings. The van der Waals surface area contributed by atoms with E-state index in [0.29, 0.717) is 0 Å². The predicted octanol–water partition coefficient (Wildman–Crippen LogP) is 12.2. The van der Waals surface area contributed by atoms with Crippen LogP contribution in [-0.2, 0) is 0 Å². The molecule has 2 heterocycles. The van der Waals surface area contributed by atoms with Crippen LogP contribution in [0.5, 0.6) is 0 Å². The van der Waals surface area contributed by atoms with E-state index in [9.17, 15) is 0 Å². The molecule has 44 heavy (non-hydrogen) atoms. The molecule has 0 aliphatic carbocycles. The molecule has 0 spiro atoms. The zero-order valence-corrected chi connectivity index (χ0v) is 24.8. The molecule has 9 aromatic rings. The van der Waals surface area contributed by atoms with Crippen LogP contribution in [0.2, 0.25) is 0 Å². The summed E-state index contributed by atoms with van der Waals surface area (Å²) in [4.78, 5) is 0. The summed E-state index contributed by atoms with van der Waals surface area (Å²) in [5, 5.41) is 5.19. The van der Waals surface area contributed by atoms with Gasteiger partial charge in [0.25, 0.3) is 0 Å². The van der Waals surface area contributed by atoms with Gasteiger partial charge in [-0.05, 0) is 81.9 Å². The van der Waals surface area contributed by atoms with E-state index in [1.54, 1.807) is 0 Å². The monoisotopic (exact) mass is 577 g/mol. The first-order valence-corrected chi connectivity index (χ1v) is 15.8. The number of hydrogen-bond donors (Lipinski definition) is 0. The van der Waals surface area contributed by atoms with Crippen LogP contribution in [0.1, 0.15) is 0 Å². The van der Waals surface area contributed by atoms with Crippen LogP contribution in [0, 0.1) is 0 Å². The third-order valence-electron chi connectivity index (χ3n) is 8.81. The molecule has 0 amide bonds. The molecule has 206 valence electrons. The molecule has 0 bridgehead atoms. The smallest absolute Gasteiger partial charge is 0.0541 e. The van der Waals surface area contributed by atoms with Crippen LogP contribution in [0.3, 0.4) is 0 Å². The van der Waals surface area contributed by atoms with Crippen molar-refractivity contribution in [3.05, 3.63) is 164 Å². The molecule has 9 rings (SSSR count). The second-order valence-corrected chi connectivity index (χ2v) is 12.5. The molecule has 0 aliphatic rings. The van der Waals surface area contributed by atoms with Crippen LogP contribution in [0.15, 0.2) is 164 Å². The van der Waals surface area contributed by atoms with Crippen molar-refractivity contribution >= 4 is 53.3 Å². The maximum absolute atomic E-state index is 2.41. The van der Waals surface area contributed by atoms with E-state index in [-0.39, 0.29) is 0 Å². The number of aromatic nitrogens is 1. The Balaban J connectivity index is 1.12. The summed E-state index contributed by atoms with van der Waals surface area (Å²) in [6.45, 7) is 0. The molecule has 0 saturated carbocycles. The van der Waals surface area contributed by atoms with Crippen molar-refractivity contribution in [3.63, 3.8) is 0 Å². The predicted molar refractivity (Wildman–Crippen MR) is 190 cm³/mol. The molecule has 0 atom stereocenters. The van der Waals surface area contributed by atoms with Crippen molar-refractivity contribution < 1.29 is 0 Å². The number of nitrogens with zero attached hydrogens (tertiary/aromatic N) is 1.